The number of pyridine rings is 1. The van der Waals surface area contributed by atoms with Crippen LogP contribution in [-0.4, -0.2) is 15.6 Å². The van der Waals surface area contributed by atoms with Gasteiger partial charge < -0.3 is 10.4 Å². The van der Waals surface area contributed by atoms with Crippen LogP contribution in [0.1, 0.15) is 10.4 Å². The fourth-order valence-corrected chi connectivity index (χ4v) is 3.08. The fraction of sp³-hybridized carbons (Fsp3) is 0. The molecule has 0 radical (unpaired) electrons. The van der Waals surface area contributed by atoms with E-state index in [1.165, 1.54) is 4.57 Å². The first-order chi connectivity index (χ1) is 13.2. The van der Waals surface area contributed by atoms with Crippen molar-refractivity contribution >= 4 is 22.5 Å². The molecule has 0 bridgehead atoms. The molecule has 3 aromatic carbocycles. The maximum absolute atomic E-state index is 13.2. The second kappa shape index (κ2) is 6.80. The summed E-state index contributed by atoms with van der Waals surface area (Å²) >= 11 is 0. The number of aromatic hydroxyl groups is 1. The van der Waals surface area contributed by atoms with Crippen molar-refractivity contribution in [2.45, 2.75) is 0 Å². The van der Waals surface area contributed by atoms with Gasteiger partial charge in [-0.3, -0.25) is 14.2 Å². The first kappa shape index (κ1) is 16.6. The van der Waals surface area contributed by atoms with E-state index >= 15 is 0 Å². The zero-order valence-electron chi connectivity index (χ0n) is 14.3. The minimum atomic E-state index is -0.654. The molecule has 5 heteroatoms. The summed E-state index contributed by atoms with van der Waals surface area (Å²) < 4.78 is 1.44. The van der Waals surface area contributed by atoms with Crippen molar-refractivity contribution in [2.75, 3.05) is 5.32 Å². The van der Waals surface area contributed by atoms with Crippen LogP contribution in [0.15, 0.2) is 89.7 Å². The quantitative estimate of drug-likeness (QED) is 0.584. The van der Waals surface area contributed by atoms with Gasteiger partial charge in [0.2, 0.25) is 0 Å². The smallest absolute Gasteiger partial charge is 0.272 e. The highest BCUT2D eigenvalue weighted by molar-refractivity contribution is 6.09. The number of nitrogens with zero attached hydrogens (tertiary/aromatic N) is 1. The molecule has 0 spiro atoms. The maximum Gasteiger partial charge on any atom is 0.272 e. The Morgan fingerprint density at radius 1 is 0.815 bits per heavy atom. The van der Waals surface area contributed by atoms with Crippen LogP contribution < -0.4 is 10.9 Å². The van der Waals surface area contributed by atoms with Crippen molar-refractivity contribution in [3.05, 3.63) is 101 Å². The van der Waals surface area contributed by atoms with E-state index in [1.807, 2.05) is 24.3 Å². The predicted molar refractivity (Wildman–Crippen MR) is 106 cm³/mol. The third kappa shape index (κ3) is 2.95. The summed E-state index contributed by atoms with van der Waals surface area (Å²) in [6.07, 6.45) is 0. The molecule has 0 unspecified atom stereocenters. The minimum Gasteiger partial charge on any atom is -0.506 e. The van der Waals surface area contributed by atoms with E-state index < -0.39 is 11.5 Å². The number of para-hydroxylation sites is 3. The summed E-state index contributed by atoms with van der Waals surface area (Å²) in [5.74, 6) is -0.977. The molecule has 27 heavy (non-hydrogen) atoms. The predicted octanol–water partition coefficient (Wildman–Crippen LogP) is 3.95. The number of benzene rings is 3. The Labute approximate surface area is 155 Å². The lowest BCUT2D eigenvalue weighted by atomic mass is 10.1. The van der Waals surface area contributed by atoms with Gasteiger partial charge in [0.15, 0.2) is 0 Å². The highest BCUT2D eigenvalue weighted by Gasteiger charge is 2.22. The maximum atomic E-state index is 13.2. The number of rotatable bonds is 3. The Kier molecular flexibility index (Phi) is 4.18. The van der Waals surface area contributed by atoms with Gasteiger partial charge in [-0.15, -0.1) is 0 Å². The van der Waals surface area contributed by atoms with Crippen LogP contribution in [-0.2, 0) is 0 Å². The SMILES string of the molecule is O=C(Nc1ccccc1)c1c(O)c2ccccc2n(-c2ccccc2)c1=O. The summed E-state index contributed by atoms with van der Waals surface area (Å²) in [7, 11) is 0. The molecule has 4 aromatic rings. The number of hydrogen-bond acceptors (Lipinski definition) is 3. The molecule has 1 amide bonds. The van der Waals surface area contributed by atoms with E-state index in [0.717, 1.165) is 0 Å². The lowest BCUT2D eigenvalue weighted by Gasteiger charge is -2.15. The first-order valence-corrected chi connectivity index (χ1v) is 8.45. The van der Waals surface area contributed by atoms with Crippen LogP contribution in [0.4, 0.5) is 5.69 Å². The number of hydrogen-bond donors (Lipinski definition) is 2. The van der Waals surface area contributed by atoms with Crippen molar-refractivity contribution in [3.63, 3.8) is 0 Å². The molecule has 0 aliphatic rings. The zero-order valence-corrected chi connectivity index (χ0v) is 14.3. The Bertz CT molecular complexity index is 1180. The molecule has 0 aliphatic carbocycles. The van der Waals surface area contributed by atoms with Crippen LogP contribution in [0.3, 0.4) is 0 Å². The molecule has 0 saturated carbocycles. The van der Waals surface area contributed by atoms with Gasteiger partial charge in [0, 0.05) is 16.8 Å². The van der Waals surface area contributed by atoms with Gasteiger partial charge in [-0.2, -0.15) is 0 Å². The molecule has 0 atom stereocenters. The normalized spacial score (nSPS) is 10.7. The van der Waals surface area contributed by atoms with Crippen LogP contribution >= 0.6 is 0 Å². The van der Waals surface area contributed by atoms with Crippen LogP contribution in [0.25, 0.3) is 16.6 Å². The second-order valence-corrected chi connectivity index (χ2v) is 6.04. The molecule has 0 fully saturated rings. The van der Waals surface area contributed by atoms with Gasteiger partial charge in [-0.25, -0.2) is 0 Å². The third-order valence-electron chi connectivity index (χ3n) is 4.33. The Morgan fingerprint density at radius 2 is 1.41 bits per heavy atom. The first-order valence-electron chi connectivity index (χ1n) is 8.45. The third-order valence-corrected chi connectivity index (χ3v) is 4.33. The van der Waals surface area contributed by atoms with Gasteiger partial charge in [-0.1, -0.05) is 48.5 Å². The Hall–Kier alpha value is -3.86. The summed E-state index contributed by atoms with van der Waals surface area (Å²) in [6, 6.07) is 24.8. The van der Waals surface area contributed by atoms with E-state index in [-0.39, 0.29) is 11.3 Å². The lowest BCUT2D eigenvalue weighted by Crippen LogP contribution is -2.29. The number of aromatic nitrogens is 1. The van der Waals surface area contributed by atoms with Gasteiger partial charge in [0.05, 0.1) is 5.52 Å². The Balaban J connectivity index is 1.96. The van der Waals surface area contributed by atoms with E-state index in [2.05, 4.69) is 5.32 Å². The second-order valence-electron chi connectivity index (χ2n) is 6.04. The molecule has 132 valence electrons. The lowest BCUT2D eigenvalue weighted by molar-refractivity contribution is 0.102. The van der Waals surface area contributed by atoms with Crippen molar-refractivity contribution in [1.29, 1.82) is 0 Å². The van der Waals surface area contributed by atoms with Crippen LogP contribution in [0.2, 0.25) is 0 Å². The molecular formula is C22H16N2O3. The number of carbonyl (C=O) groups is 1. The Morgan fingerprint density at radius 3 is 2.11 bits per heavy atom. The minimum absolute atomic E-state index is 0.290. The molecular weight excluding hydrogens is 340 g/mol. The molecule has 5 nitrogen and oxygen atoms in total. The topological polar surface area (TPSA) is 71.3 Å². The molecule has 2 N–H and O–H groups in total. The van der Waals surface area contributed by atoms with Crippen molar-refractivity contribution in [2.24, 2.45) is 0 Å². The molecule has 1 aromatic heterocycles. The monoisotopic (exact) mass is 356 g/mol. The molecule has 4 rings (SSSR count). The average Bonchev–Trinajstić information content (AvgIpc) is 2.70. The highest BCUT2D eigenvalue weighted by Crippen LogP contribution is 2.28. The van der Waals surface area contributed by atoms with E-state index in [1.54, 1.807) is 60.7 Å². The zero-order chi connectivity index (χ0) is 18.8. The average molecular weight is 356 g/mol. The summed E-state index contributed by atoms with van der Waals surface area (Å²) in [4.78, 5) is 26.0. The van der Waals surface area contributed by atoms with Crippen molar-refractivity contribution in [1.82, 2.24) is 4.57 Å². The number of nitrogens with one attached hydrogen (secondary N) is 1. The number of anilines is 1. The van der Waals surface area contributed by atoms with Crippen molar-refractivity contribution < 1.29 is 9.90 Å². The van der Waals surface area contributed by atoms with Crippen LogP contribution in [0.5, 0.6) is 5.75 Å². The number of fused-ring (bicyclic) bond motifs is 1. The van der Waals surface area contributed by atoms with Crippen LogP contribution in [0, 0.1) is 0 Å². The van der Waals surface area contributed by atoms with E-state index in [0.29, 0.717) is 22.3 Å². The van der Waals surface area contributed by atoms with Gasteiger partial charge in [-0.05, 0) is 36.4 Å². The van der Waals surface area contributed by atoms with E-state index in [4.69, 9.17) is 0 Å². The number of amides is 1. The van der Waals surface area contributed by atoms with Gasteiger partial charge >= 0.3 is 0 Å². The summed E-state index contributed by atoms with van der Waals surface area (Å²) in [5.41, 5.74) is 0.822. The van der Waals surface area contributed by atoms with E-state index in [9.17, 15) is 14.7 Å². The number of carbonyl (C=O) groups excluding carboxylic acids is 1. The molecule has 0 aliphatic heterocycles. The standard InChI is InChI=1S/C22H16N2O3/c25-20-17-13-7-8-14-18(17)24(16-11-5-2-6-12-16)22(27)19(20)21(26)23-15-9-3-1-4-10-15/h1-14,25H,(H,23,26). The molecule has 1 heterocycles. The largest absolute Gasteiger partial charge is 0.506 e. The van der Waals surface area contributed by atoms with Gasteiger partial charge in [0.25, 0.3) is 11.5 Å². The summed E-state index contributed by atoms with van der Waals surface area (Å²) in [6.45, 7) is 0. The summed E-state index contributed by atoms with van der Waals surface area (Å²) in [5, 5.41) is 13.8. The molecule has 0 saturated heterocycles. The van der Waals surface area contributed by atoms with Crippen molar-refractivity contribution in [3.8, 4) is 11.4 Å². The fourth-order valence-electron chi connectivity index (χ4n) is 3.08. The highest BCUT2D eigenvalue weighted by atomic mass is 16.3. The van der Waals surface area contributed by atoms with Gasteiger partial charge in [0.1, 0.15) is 11.3 Å².